The number of fused-ring (bicyclic) bond motifs is 3. The van der Waals surface area contributed by atoms with Crippen LogP contribution < -0.4 is 10.3 Å². The van der Waals surface area contributed by atoms with Crippen LogP contribution in [0.5, 0.6) is 5.75 Å². The second-order valence-corrected chi connectivity index (χ2v) is 10.3. The van der Waals surface area contributed by atoms with Gasteiger partial charge in [-0.25, -0.2) is 0 Å². The average Bonchev–Trinajstić information content (AvgIpc) is 2.98. The Labute approximate surface area is 218 Å². The van der Waals surface area contributed by atoms with Crippen molar-refractivity contribution in [1.82, 2.24) is 19.0 Å². The van der Waals surface area contributed by atoms with Crippen molar-refractivity contribution in [3.8, 4) is 11.4 Å². The number of nitrogens with zero attached hydrogens (tertiary/aromatic N) is 4. The highest BCUT2D eigenvalue weighted by molar-refractivity contribution is 5.88. The summed E-state index contributed by atoms with van der Waals surface area (Å²) >= 11 is 0. The number of hydrogen-bond acceptors (Lipinski definition) is 4. The average molecular weight is 522 g/mol. The number of rotatable bonds is 5. The lowest BCUT2D eigenvalue weighted by Gasteiger charge is -2.33. The van der Waals surface area contributed by atoms with E-state index < -0.39 is 11.9 Å². The Hall–Kier alpha value is -3.72. The first kappa shape index (κ1) is 24.6. The lowest BCUT2D eigenvalue weighted by atomic mass is 9.93. The number of pyridine rings is 2. The summed E-state index contributed by atoms with van der Waals surface area (Å²) in [5.41, 5.74) is 3.97. The van der Waals surface area contributed by atoms with Crippen molar-refractivity contribution >= 4 is 10.9 Å². The lowest BCUT2D eigenvalue weighted by molar-refractivity contribution is -0.141. The number of aromatic nitrogens is 3. The van der Waals surface area contributed by atoms with Crippen LogP contribution in [-0.4, -0.2) is 32.1 Å². The molecule has 0 amide bonds. The molecule has 0 atom stereocenters. The third kappa shape index (κ3) is 4.34. The molecule has 198 valence electrons. The van der Waals surface area contributed by atoms with Gasteiger partial charge in [-0.3, -0.25) is 14.3 Å². The molecule has 0 unspecified atom stereocenters. The molecule has 9 heteroatoms. The summed E-state index contributed by atoms with van der Waals surface area (Å²) < 4.78 is 47.8. The molecule has 4 aromatic rings. The van der Waals surface area contributed by atoms with E-state index in [0.29, 0.717) is 17.2 Å². The van der Waals surface area contributed by atoms with Gasteiger partial charge in [-0.05, 0) is 50.0 Å². The van der Waals surface area contributed by atoms with E-state index in [4.69, 9.17) is 4.74 Å². The molecular formula is C29H28F3N4O2-. The maximum Gasteiger partial charge on any atom is 0.433 e. The van der Waals surface area contributed by atoms with E-state index in [0.717, 1.165) is 43.1 Å². The van der Waals surface area contributed by atoms with Crippen molar-refractivity contribution in [2.45, 2.75) is 51.9 Å². The highest BCUT2D eigenvalue weighted by Gasteiger charge is 2.32. The molecule has 0 aliphatic carbocycles. The van der Waals surface area contributed by atoms with Crippen LogP contribution in [0, 0.1) is 6.04 Å². The molecule has 0 N–H and O–H groups in total. The molecule has 3 aliphatic rings. The van der Waals surface area contributed by atoms with E-state index in [1.54, 1.807) is 16.8 Å². The minimum absolute atomic E-state index is 0.00339. The Morgan fingerprint density at radius 1 is 1.08 bits per heavy atom. The normalized spacial score (nSPS) is 18.9. The molecule has 0 spiro atoms. The summed E-state index contributed by atoms with van der Waals surface area (Å²) in [5, 5.41) is 1.24. The first-order valence-corrected chi connectivity index (χ1v) is 12.8. The Kier molecular flexibility index (Phi) is 5.98. The van der Waals surface area contributed by atoms with Gasteiger partial charge in [0.1, 0.15) is 18.1 Å². The monoisotopic (exact) mass is 521 g/mol. The zero-order valence-corrected chi connectivity index (χ0v) is 21.3. The van der Waals surface area contributed by atoms with Crippen LogP contribution >= 0.6 is 0 Å². The third-order valence-electron chi connectivity index (χ3n) is 7.59. The van der Waals surface area contributed by atoms with Crippen LogP contribution in [0.25, 0.3) is 16.6 Å². The molecule has 0 radical (unpaired) electrons. The van der Waals surface area contributed by atoms with Crippen LogP contribution in [0.3, 0.4) is 0 Å². The fraction of sp³-hybridized carbons (Fsp3) is 0.345. The maximum atomic E-state index is 13.0. The van der Waals surface area contributed by atoms with E-state index in [1.165, 1.54) is 47.7 Å². The van der Waals surface area contributed by atoms with Crippen molar-refractivity contribution in [2.75, 3.05) is 13.1 Å². The van der Waals surface area contributed by atoms with Crippen molar-refractivity contribution in [3.05, 3.63) is 93.8 Å². The Bertz CT molecular complexity index is 1550. The SMILES string of the molecule is C[C-](C)n1c2c(c3ccc(-n4ccc(OCc5ccc(C(F)(F)F)nc5)cc4=O)cc31)CN1CCC2CC1. The van der Waals surface area contributed by atoms with Crippen LogP contribution in [0.15, 0.2) is 59.7 Å². The van der Waals surface area contributed by atoms with E-state index in [2.05, 4.69) is 40.4 Å². The molecule has 1 saturated heterocycles. The minimum Gasteiger partial charge on any atom is -0.489 e. The smallest absolute Gasteiger partial charge is 0.433 e. The highest BCUT2D eigenvalue weighted by atomic mass is 19.4. The van der Waals surface area contributed by atoms with Crippen molar-refractivity contribution < 1.29 is 17.9 Å². The molecule has 38 heavy (non-hydrogen) atoms. The molecule has 3 aromatic heterocycles. The first-order chi connectivity index (χ1) is 18.2. The number of halogens is 3. The Balaban J connectivity index is 1.28. The third-order valence-corrected chi connectivity index (χ3v) is 7.59. The summed E-state index contributed by atoms with van der Waals surface area (Å²) in [6.07, 6.45) is 0.655. The molecule has 3 aliphatic heterocycles. The van der Waals surface area contributed by atoms with Gasteiger partial charge in [0, 0.05) is 36.3 Å². The Morgan fingerprint density at radius 2 is 1.87 bits per heavy atom. The summed E-state index contributed by atoms with van der Waals surface area (Å²) in [6.45, 7) is 7.51. The van der Waals surface area contributed by atoms with E-state index in [-0.39, 0.29) is 12.2 Å². The number of alkyl halides is 3. The van der Waals surface area contributed by atoms with Crippen molar-refractivity contribution in [3.63, 3.8) is 0 Å². The molecular weight excluding hydrogens is 493 g/mol. The van der Waals surface area contributed by atoms with Crippen molar-refractivity contribution in [1.29, 1.82) is 0 Å². The highest BCUT2D eigenvalue weighted by Crippen LogP contribution is 2.42. The predicted molar refractivity (Wildman–Crippen MR) is 138 cm³/mol. The number of ether oxygens (including phenoxy) is 1. The lowest BCUT2D eigenvalue weighted by Crippen LogP contribution is -2.29. The number of hydrogen-bond donors (Lipinski definition) is 0. The predicted octanol–water partition coefficient (Wildman–Crippen LogP) is 5.90. The summed E-state index contributed by atoms with van der Waals surface area (Å²) in [4.78, 5) is 19.0. The van der Waals surface area contributed by atoms with E-state index in [1.807, 2.05) is 6.07 Å². The Morgan fingerprint density at radius 3 is 2.53 bits per heavy atom. The molecule has 0 saturated carbocycles. The summed E-state index contributed by atoms with van der Waals surface area (Å²) in [5.74, 6) is 0.888. The van der Waals surface area contributed by atoms with Gasteiger partial charge in [0.2, 0.25) is 0 Å². The molecule has 1 fully saturated rings. The molecule has 2 bridgehead atoms. The zero-order valence-electron chi connectivity index (χ0n) is 21.3. The van der Waals surface area contributed by atoms with Gasteiger partial charge in [-0.15, -0.1) is 6.04 Å². The fourth-order valence-corrected chi connectivity index (χ4v) is 5.79. The zero-order chi connectivity index (χ0) is 26.6. The summed E-state index contributed by atoms with van der Waals surface area (Å²) in [6, 6.07) is 12.7. The van der Waals surface area contributed by atoms with Crippen LogP contribution in [-0.2, 0) is 19.3 Å². The topological polar surface area (TPSA) is 52.3 Å². The number of benzene rings is 1. The largest absolute Gasteiger partial charge is 0.489 e. The first-order valence-electron chi connectivity index (χ1n) is 12.8. The molecule has 6 nitrogen and oxygen atoms in total. The van der Waals surface area contributed by atoms with Crippen molar-refractivity contribution in [2.24, 2.45) is 0 Å². The van der Waals surface area contributed by atoms with E-state index >= 15 is 0 Å². The van der Waals surface area contributed by atoms with Gasteiger partial charge in [-0.2, -0.15) is 13.2 Å². The fourth-order valence-electron chi connectivity index (χ4n) is 5.79. The molecule has 6 heterocycles. The second kappa shape index (κ2) is 9.23. The van der Waals surface area contributed by atoms with Gasteiger partial charge in [0.15, 0.2) is 0 Å². The van der Waals surface area contributed by atoms with Crippen LogP contribution in [0.1, 0.15) is 55.1 Å². The molecule has 7 rings (SSSR count). The standard InChI is InChI=1S/C29H28F3N4O2/c1-18(2)36-25-13-21(4-5-23(25)24-16-34-10-7-20(8-11-34)28(24)36)35-12-9-22(14-27(35)37)38-17-19-3-6-26(33-15-19)29(30,31)32/h3-6,9,12-15,20H,7-8,10-11,16-17H2,1-2H3/q-1. The van der Waals surface area contributed by atoms with Gasteiger partial charge in [0.25, 0.3) is 5.56 Å². The van der Waals surface area contributed by atoms with Crippen LogP contribution in [0.4, 0.5) is 13.2 Å². The quantitative estimate of drug-likeness (QED) is 0.307. The van der Waals surface area contributed by atoms with E-state index in [9.17, 15) is 18.0 Å². The van der Waals surface area contributed by atoms with Crippen LogP contribution in [0.2, 0.25) is 0 Å². The molecule has 1 aromatic carbocycles. The maximum absolute atomic E-state index is 13.0. The van der Waals surface area contributed by atoms with Gasteiger partial charge < -0.3 is 14.2 Å². The van der Waals surface area contributed by atoms with Gasteiger partial charge in [-0.1, -0.05) is 54.2 Å². The minimum atomic E-state index is -4.49. The number of piperidine rings is 1. The van der Waals surface area contributed by atoms with Gasteiger partial charge >= 0.3 is 6.18 Å². The summed E-state index contributed by atoms with van der Waals surface area (Å²) in [7, 11) is 0. The second-order valence-electron chi connectivity index (χ2n) is 10.3. The van der Waals surface area contributed by atoms with Gasteiger partial charge in [0.05, 0.1) is 0 Å².